The van der Waals surface area contributed by atoms with Gasteiger partial charge in [-0.2, -0.15) is 0 Å². The maximum atomic E-state index is 13.3. The highest BCUT2D eigenvalue weighted by molar-refractivity contribution is 7.88. The van der Waals surface area contributed by atoms with Crippen molar-refractivity contribution >= 4 is 10.0 Å². The molecule has 1 saturated heterocycles. The number of hydrogen-bond donors (Lipinski definition) is 0. The quantitative estimate of drug-likeness (QED) is 0.819. The third-order valence-corrected chi connectivity index (χ3v) is 6.42. The number of hydrogen-bond acceptors (Lipinski definition) is 2. The van der Waals surface area contributed by atoms with Crippen LogP contribution in [-0.4, -0.2) is 25.8 Å². The number of sulfonamides is 1. The SMILES string of the molecule is O=S(=O)(Cc1cccc(F)c1)N1CCCCC(c2ccc(F)cc2)C1. The van der Waals surface area contributed by atoms with E-state index in [0.29, 0.717) is 18.7 Å². The van der Waals surface area contributed by atoms with Crippen LogP contribution in [0.3, 0.4) is 0 Å². The van der Waals surface area contributed by atoms with E-state index in [-0.39, 0.29) is 17.5 Å². The van der Waals surface area contributed by atoms with Crippen LogP contribution in [0.2, 0.25) is 0 Å². The highest BCUT2D eigenvalue weighted by atomic mass is 32.2. The van der Waals surface area contributed by atoms with Crippen LogP contribution in [0.1, 0.15) is 36.3 Å². The summed E-state index contributed by atoms with van der Waals surface area (Å²) in [6.07, 6.45) is 2.59. The average Bonchev–Trinajstić information content (AvgIpc) is 2.82. The molecule has 1 fully saturated rings. The smallest absolute Gasteiger partial charge is 0.212 e. The number of benzene rings is 2. The molecule has 0 N–H and O–H groups in total. The number of rotatable bonds is 4. The van der Waals surface area contributed by atoms with Crippen LogP contribution < -0.4 is 0 Å². The molecule has 134 valence electrons. The second kappa shape index (κ2) is 7.62. The molecule has 1 unspecified atom stereocenters. The summed E-state index contributed by atoms with van der Waals surface area (Å²) in [6, 6.07) is 12.0. The zero-order valence-electron chi connectivity index (χ0n) is 13.9. The van der Waals surface area contributed by atoms with Crippen molar-refractivity contribution in [1.82, 2.24) is 4.31 Å². The van der Waals surface area contributed by atoms with Crippen LogP contribution >= 0.6 is 0 Å². The van der Waals surface area contributed by atoms with E-state index >= 15 is 0 Å². The van der Waals surface area contributed by atoms with Crippen molar-refractivity contribution in [2.45, 2.75) is 30.9 Å². The Morgan fingerprint density at radius 1 is 1.00 bits per heavy atom. The molecule has 0 spiro atoms. The monoisotopic (exact) mass is 365 g/mol. The maximum Gasteiger partial charge on any atom is 0.218 e. The van der Waals surface area contributed by atoms with Crippen molar-refractivity contribution in [3.8, 4) is 0 Å². The van der Waals surface area contributed by atoms with E-state index in [1.165, 1.54) is 34.6 Å². The van der Waals surface area contributed by atoms with Gasteiger partial charge < -0.3 is 0 Å². The van der Waals surface area contributed by atoms with E-state index in [1.807, 2.05) is 0 Å². The minimum Gasteiger partial charge on any atom is -0.212 e. The first kappa shape index (κ1) is 18.0. The molecule has 0 amide bonds. The topological polar surface area (TPSA) is 37.4 Å². The summed E-state index contributed by atoms with van der Waals surface area (Å²) >= 11 is 0. The zero-order valence-corrected chi connectivity index (χ0v) is 14.7. The molecule has 3 nitrogen and oxygen atoms in total. The second-order valence-corrected chi connectivity index (χ2v) is 8.46. The van der Waals surface area contributed by atoms with Crippen LogP contribution in [0.5, 0.6) is 0 Å². The molecule has 3 rings (SSSR count). The molecule has 0 saturated carbocycles. The van der Waals surface area contributed by atoms with E-state index in [0.717, 1.165) is 24.8 Å². The molecule has 0 aliphatic carbocycles. The highest BCUT2D eigenvalue weighted by Gasteiger charge is 2.28. The fourth-order valence-electron chi connectivity index (χ4n) is 3.30. The summed E-state index contributed by atoms with van der Waals surface area (Å²) in [6.45, 7) is 0.846. The normalized spacial score (nSPS) is 19.5. The van der Waals surface area contributed by atoms with E-state index in [2.05, 4.69) is 0 Å². The van der Waals surface area contributed by atoms with Gasteiger partial charge in [0, 0.05) is 13.1 Å². The van der Waals surface area contributed by atoms with Gasteiger partial charge in [-0.1, -0.05) is 30.7 Å². The summed E-state index contributed by atoms with van der Waals surface area (Å²) in [5.41, 5.74) is 1.40. The Balaban J connectivity index is 1.78. The van der Waals surface area contributed by atoms with Gasteiger partial charge in [0.25, 0.3) is 0 Å². The summed E-state index contributed by atoms with van der Waals surface area (Å²) in [4.78, 5) is 0. The predicted molar refractivity (Wildman–Crippen MR) is 93.6 cm³/mol. The van der Waals surface area contributed by atoms with E-state index in [1.54, 1.807) is 18.2 Å². The fourth-order valence-corrected chi connectivity index (χ4v) is 4.89. The summed E-state index contributed by atoms with van der Waals surface area (Å²) in [5, 5.41) is 0. The Hall–Kier alpha value is -1.79. The molecular weight excluding hydrogens is 344 g/mol. The second-order valence-electron chi connectivity index (χ2n) is 6.49. The minimum absolute atomic E-state index is 0.0467. The Morgan fingerprint density at radius 2 is 1.76 bits per heavy atom. The fraction of sp³-hybridized carbons (Fsp3) is 0.368. The number of halogens is 2. The first-order valence-corrected chi connectivity index (χ1v) is 10.0. The molecule has 1 aliphatic heterocycles. The van der Waals surface area contributed by atoms with Crippen LogP contribution in [0.15, 0.2) is 48.5 Å². The summed E-state index contributed by atoms with van der Waals surface area (Å²) in [5.74, 6) is -0.896. The zero-order chi connectivity index (χ0) is 17.9. The summed E-state index contributed by atoms with van der Waals surface area (Å²) in [7, 11) is -3.53. The Bertz CT molecular complexity index is 822. The van der Waals surface area contributed by atoms with Crippen molar-refractivity contribution in [1.29, 1.82) is 0 Å². The lowest BCUT2D eigenvalue weighted by molar-refractivity contribution is 0.405. The molecule has 2 aromatic rings. The van der Waals surface area contributed by atoms with Crippen LogP contribution in [0.4, 0.5) is 8.78 Å². The van der Waals surface area contributed by atoms with Gasteiger partial charge in [-0.05, 0) is 54.2 Å². The highest BCUT2D eigenvalue weighted by Crippen LogP contribution is 2.28. The lowest BCUT2D eigenvalue weighted by Crippen LogP contribution is -2.35. The molecule has 2 aromatic carbocycles. The van der Waals surface area contributed by atoms with Crippen LogP contribution in [-0.2, 0) is 15.8 Å². The molecule has 6 heteroatoms. The van der Waals surface area contributed by atoms with E-state index < -0.39 is 15.8 Å². The maximum absolute atomic E-state index is 13.3. The van der Waals surface area contributed by atoms with Crippen LogP contribution in [0, 0.1) is 11.6 Å². The molecule has 0 aromatic heterocycles. The van der Waals surface area contributed by atoms with E-state index in [9.17, 15) is 17.2 Å². The van der Waals surface area contributed by atoms with Crippen molar-refractivity contribution < 1.29 is 17.2 Å². The largest absolute Gasteiger partial charge is 0.218 e. The van der Waals surface area contributed by atoms with Crippen LogP contribution in [0.25, 0.3) is 0 Å². The third-order valence-electron chi connectivity index (χ3n) is 4.61. The van der Waals surface area contributed by atoms with E-state index in [4.69, 9.17) is 0 Å². The molecule has 25 heavy (non-hydrogen) atoms. The minimum atomic E-state index is -3.53. The van der Waals surface area contributed by atoms with Crippen molar-refractivity contribution in [2.75, 3.05) is 13.1 Å². The Labute approximate surface area is 147 Å². The van der Waals surface area contributed by atoms with Gasteiger partial charge in [-0.25, -0.2) is 21.5 Å². The molecule has 1 aliphatic rings. The first-order chi connectivity index (χ1) is 11.9. The average molecular weight is 365 g/mol. The lowest BCUT2D eigenvalue weighted by atomic mass is 9.95. The van der Waals surface area contributed by atoms with Gasteiger partial charge in [0.1, 0.15) is 11.6 Å². The summed E-state index contributed by atoms with van der Waals surface area (Å²) < 4.78 is 53.6. The van der Waals surface area contributed by atoms with Gasteiger partial charge in [0.2, 0.25) is 10.0 Å². The molecule has 1 heterocycles. The van der Waals surface area contributed by atoms with Gasteiger partial charge >= 0.3 is 0 Å². The Morgan fingerprint density at radius 3 is 2.48 bits per heavy atom. The Kier molecular flexibility index (Phi) is 5.49. The van der Waals surface area contributed by atoms with Crippen molar-refractivity contribution in [3.05, 3.63) is 71.3 Å². The predicted octanol–water partition coefficient (Wildman–Crippen LogP) is 4.06. The standard InChI is InChI=1S/C19H21F2NO2S/c20-18-9-7-16(8-10-18)17-5-1-2-11-22(13-17)25(23,24)14-15-4-3-6-19(21)12-15/h3-4,6-10,12,17H,1-2,5,11,13-14H2. The first-order valence-electron chi connectivity index (χ1n) is 8.42. The lowest BCUT2D eigenvalue weighted by Gasteiger charge is -2.24. The third kappa shape index (κ3) is 4.64. The molecule has 0 radical (unpaired) electrons. The van der Waals surface area contributed by atoms with Gasteiger partial charge in [0.15, 0.2) is 0 Å². The number of nitrogens with zero attached hydrogens (tertiary/aromatic N) is 1. The van der Waals surface area contributed by atoms with Gasteiger partial charge in [-0.15, -0.1) is 0 Å². The molecule has 1 atom stereocenters. The van der Waals surface area contributed by atoms with Crippen molar-refractivity contribution in [2.24, 2.45) is 0 Å². The van der Waals surface area contributed by atoms with Crippen molar-refractivity contribution in [3.63, 3.8) is 0 Å². The molecular formula is C19H21F2NO2S. The van der Waals surface area contributed by atoms with Gasteiger partial charge in [-0.3, -0.25) is 0 Å². The van der Waals surface area contributed by atoms with Gasteiger partial charge in [0.05, 0.1) is 5.75 Å². The molecule has 0 bridgehead atoms.